The molecular formula is C29H37NO11. The highest BCUT2D eigenvalue weighted by Gasteiger charge is 2.69. The number of ether oxygens (including phenoxy) is 4. The molecule has 41 heavy (non-hydrogen) atoms. The third kappa shape index (κ3) is 4.87. The quantitative estimate of drug-likeness (QED) is 0.301. The first kappa shape index (κ1) is 30.5. The summed E-state index contributed by atoms with van der Waals surface area (Å²) in [4.78, 5) is 50.8. The van der Waals surface area contributed by atoms with Gasteiger partial charge in [-0.2, -0.15) is 0 Å². The van der Waals surface area contributed by atoms with E-state index in [0.29, 0.717) is 24.3 Å². The van der Waals surface area contributed by atoms with Gasteiger partial charge in [-0.25, -0.2) is 9.59 Å². The van der Waals surface area contributed by atoms with E-state index in [1.165, 1.54) is 13.8 Å². The molecule has 0 radical (unpaired) electrons. The fourth-order valence-corrected chi connectivity index (χ4v) is 6.35. The first-order valence-corrected chi connectivity index (χ1v) is 13.5. The molecule has 224 valence electrons. The number of carbonyl (C=O) groups is 4. The van der Waals surface area contributed by atoms with Crippen molar-refractivity contribution in [2.24, 2.45) is 5.92 Å². The summed E-state index contributed by atoms with van der Waals surface area (Å²) in [5.41, 5.74) is -0.114. The van der Waals surface area contributed by atoms with Gasteiger partial charge in [0.25, 0.3) is 0 Å². The van der Waals surface area contributed by atoms with E-state index in [1.54, 1.807) is 12.1 Å². The van der Waals surface area contributed by atoms with E-state index in [1.807, 2.05) is 27.0 Å². The number of likely N-dealkylation sites (N-methyl/N-ethyl adjacent to an activating group) is 1. The Balaban J connectivity index is 1.64. The summed E-state index contributed by atoms with van der Waals surface area (Å²) >= 11 is 0. The summed E-state index contributed by atoms with van der Waals surface area (Å²) in [6.45, 7) is 7.63. The maximum absolute atomic E-state index is 13.2. The number of esters is 3. The number of fused-ring (bicyclic) bond motifs is 1. The van der Waals surface area contributed by atoms with Crippen molar-refractivity contribution in [1.82, 2.24) is 4.90 Å². The Morgan fingerprint density at radius 2 is 1.85 bits per heavy atom. The Morgan fingerprint density at radius 1 is 1.17 bits per heavy atom. The maximum Gasteiger partial charge on any atom is 0.352 e. The van der Waals surface area contributed by atoms with Gasteiger partial charge in [0.15, 0.2) is 12.2 Å². The summed E-state index contributed by atoms with van der Waals surface area (Å²) in [6, 6.07) is 3.35. The van der Waals surface area contributed by atoms with E-state index in [9.17, 15) is 34.5 Å². The Morgan fingerprint density at radius 3 is 2.46 bits per heavy atom. The van der Waals surface area contributed by atoms with Crippen LogP contribution in [-0.4, -0.2) is 87.6 Å². The van der Waals surface area contributed by atoms with Crippen LogP contribution in [-0.2, 0) is 45.4 Å². The Hall–Kier alpha value is -3.48. The lowest BCUT2D eigenvalue weighted by Crippen LogP contribution is -2.71. The van der Waals surface area contributed by atoms with Crippen LogP contribution in [0.2, 0.25) is 0 Å². The van der Waals surface area contributed by atoms with Crippen molar-refractivity contribution in [2.45, 2.75) is 89.4 Å². The number of carboxylic acids is 1. The van der Waals surface area contributed by atoms with Gasteiger partial charge in [0.05, 0.1) is 17.6 Å². The molecule has 1 aromatic carbocycles. The molecule has 1 spiro atoms. The Bertz CT molecular complexity index is 1290. The van der Waals surface area contributed by atoms with Gasteiger partial charge < -0.3 is 39.2 Å². The van der Waals surface area contributed by atoms with Crippen LogP contribution in [0.5, 0.6) is 5.75 Å². The van der Waals surface area contributed by atoms with Crippen LogP contribution >= 0.6 is 0 Å². The number of carboxylic acid groups (broad SMARTS) is 1. The number of likely N-dealkylation sites (tertiary alicyclic amines) is 1. The van der Waals surface area contributed by atoms with Gasteiger partial charge in [0.1, 0.15) is 17.4 Å². The van der Waals surface area contributed by atoms with E-state index >= 15 is 0 Å². The average molecular weight is 576 g/mol. The molecule has 2 heterocycles. The first-order chi connectivity index (χ1) is 19.2. The number of carbonyl (C=O) groups excluding carboxylic acids is 3. The van der Waals surface area contributed by atoms with Crippen LogP contribution in [0.15, 0.2) is 24.0 Å². The summed E-state index contributed by atoms with van der Waals surface area (Å²) < 4.78 is 22.2. The highest BCUT2D eigenvalue weighted by Crippen LogP contribution is 2.61. The van der Waals surface area contributed by atoms with E-state index in [4.69, 9.17) is 18.9 Å². The molecule has 3 aliphatic rings. The van der Waals surface area contributed by atoms with Gasteiger partial charge in [0, 0.05) is 30.5 Å². The second-order valence-electron chi connectivity index (χ2n) is 11.2. The third-order valence-electron chi connectivity index (χ3n) is 8.82. The van der Waals surface area contributed by atoms with Crippen molar-refractivity contribution >= 4 is 23.9 Å². The Kier molecular flexibility index (Phi) is 8.23. The molecular weight excluding hydrogens is 538 g/mol. The molecule has 7 atom stereocenters. The number of aliphatic carboxylic acids is 1. The lowest BCUT2D eigenvalue weighted by molar-refractivity contribution is -0.183. The van der Waals surface area contributed by atoms with Crippen molar-refractivity contribution in [3.63, 3.8) is 0 Å². The van der Waals surface area contributed by atoms with Gasteiger partial charge in [-0.15, -0.1) is 0 Å². The monoisotopic (exact) mass is 575 g/mol. The number of hydrogen-bond donors (Lipinski definition) is 3. The first-order valence-electron chi connectivity index (χ1n) is 13.5. The van der Waals surface area contributed by atoms with Gasteiger partial charge >= 0.3 is 23.9 Å². The van der Waals surface area contributed by atoms with E-state index in [2.05, 4.69) is 4.90 Å². The molecule has 0 bridgehead atoms. The van der Waals surface area contributed by atoms with Crippen LogP contribution in [0.3, 0.4) is 0 Å². The molecule has 3 N–H and O–H groups in total. The van der Waals surface area contributed by atoms with Crippen molar-refractivity contribution in [1.29, 1.82) is 0 Å². The highest BCUT2D eigenvalue weighted by molar-refractivity contribution is 5.87. The molecule has 1 aromatic rings. The van der Waals surface area contributed by atoms with Gasteiger partial charge in [-0.05, 0) is 59.3 Å². The highest BCUT2D eigenvalue weighted by atomic mass is 16.6. The average Bonchev–Trinajstić information content (AvgIpc) is 3.28. The van der Waals surface area contributed by atoms with Crippen molar-refractivity contribution in [2.75, 3.05) is 13.6 Å². The number of aliphatic hydroxyl groups excluding tert-OH is 1. The van der Waals surface area contributed by atoms with Crippen LogP contribution < -0.4 is 4.74 Å². The third-order valence-corrected chi connectivity index (χ3v) is 8.82. The number of nitrogens with zero attached hydrogens (tertiary/aromatic N) is 1. The zero-order valence-corrected chi connectivity index (χ0v) is 24.0. The van der Waals surface area contributed by atoms with E-state index in [-0.39, 0.29) is 24.8 Å². The SMILES string of the molecule is CC(=O)O[C@@H](C(=O)O[C@@H](C)C(=O)OC1=CC[C@@]2(O)[C@@H](C)N(C)CC[C@@]23c2c(C)ccc(CO)c2O[C@@H]13)[C@@H](C)C(=O)O. The number of hydrogen-bond acceptors (Lipinski definition) is 11. The molecule has 1 aliphatic carbocycles. The minimum atomic E-state index is -1.76. The molecule has 0 aromatic heterocycles. The van der Waals surface area contributed by atoms with Crippen LogP contribution in [0.1, 0.15) is 57.2 Å². The molecule has 12 nitrogen and oxygen atoms in total. The fraction of sp³-hybridized carbons (Fsp3) is 0.586. The molecule has 2 aliphatic heterocycles. The molecule has 1 fully saturated rings. The number of piperidine rings is 1. The minimum absolute atomic E-state index is 0.134. The number of benzene rings is 1. The smallest absolute Gasteiger partial charge is 0.352 e. The van der Waals surface area contributed by atoms with E-state index < -0.39 is 59.1 Å². The lowest BCUT2D eigenvalue weighted by atomic mass is 9.54. The topological polar surface area (TPSA) is 169 Å². The fourth-order valence-electron chi connectivity index (χ4n) is 6.35. The standard InChI is InChI=1S/C29H37NO11/c1-14-7-8-19(13-31)23-21(14)28-11-12-30(6)17(4)29(28,37)10-9-20(24(28)41-23)40-26(35)16(3)38-27(36)22(39-18(5)32)15(2)25(33)34/h7-9,15-17,22,24,31,37H,10-13H2,1-6H3,(H,33,34)/t15-,16+,17-,22-,24+,28+,29-/m1/s1. The Labute approximate surface area is 237 Å². The summed E-state index contributed by atoms with van der Waals surface area (Å²) in [7, 11) is 1.93. The number of rotatable bonds is 8. The molecule has 0 unspecified atom stereocenters. The van der Waals surface area contributed by atoms with Crippen molar-refractivity contribution < 1.29 is 53.4 Å². The summed E-state index contributed by atoms with van der Waals surface area (Å²) in [5, 5.41) is 31.7. The number of aryl methyl sites for hydroxylation is 1. The minimum Gasteiger partial charge on any atom is -0.481 e. The van der Waals surface area contributed by atoms with Gasteiger partial charge in [0.2, 0.25) is 6.10 Å². The van der Waals surface area contributed by atoms with Gasteiger partial charge in [-0.3, -0.25) is 9.59 Å². The molecule has 4 rings (SSSR count). The predicted molar refractivity (Wildman–Crippen MR) is 142 cm³/mol. The van der Waals surface area contributed by atoms with Crippen LogP contribution in [0.25, 0.3) is 0 Å². The summed E-state index contributed by atoms with van der Waals surface area (Å²) in [6.07, 6.45) is -1.95. The van der Waals surface area contributed by atoms with Crippen LogP contribution in [0, 0.1) is 12.8 Å². The lowest BCUT2D eigenvalue weighted by Gasteiger charge is -2.58. The summed E-state index contributed by atoms with van der Waals surface area (Å²) in [5.74, 6) is -5.29. The maximum atomic E-state index is 13.2. The molecule has 1 saturated heterocycles. The zero-order chi connectivity index (χ0) is 30.4. The normalized spacial score (nSPS) is 28.9. The second kappa shape index (κ2) is 11.1. The number of aliphatic hydroxyl groups is 2. The predicted octanol–water partition coefficient (Wildman–Crippen LogP) is 1.36. The van der Waals surface area contributed by atoms with Crippen LogP contribution in [0.4, 0.5) is 0 Å². The molecule has 0 amide bonds. The van der Waals surface area contributed by atoms with Crippen molar-refractivity contribution in [3.8, 4) is 5.75 Å². The van der Waals surface area contributed by atoms with Crippen molar-refractivity contribution in [3.05, 3.63) is 40.7 Å². The second-order valence-corrected chi connectivity index (χ2v) is 11.2. The molecule has 0 saturated carbocycles. The zero-order valence-electron chi connectivity index (χ0n) is 24.0. The van der Waals surface area contributed by atoms with E-state index in [0.717, 1.165) is 18.1 Å². The largest absolute Gasteiger partial charge is 0.481 e. The molecule has 12 heteroatoms. The van der Waals surface area contributed by atoms with Gasteiger partial charge in [-0.1, -0.05) is 12.1 Å².